The van der Waals surface area contributed by atoms with Gasteiger partial charge in [0.2, 0.25) is 17.7 Å². The summed E-state index contributed by atoms with van der Waals surface area (Å²) in [6.45, 7) is 2.51. The highest BCUT2D eigenvalue weighted by atomic mass is 16.5. The fraction of sp³-hybridized carbons (Fsp3) is 0.400. The minimum Gasteiger partial charge on any atom is -0.497 e. The fourth-order valence-electron chi connectivity index (χ4n) is 3.74. The van der Waals surface area contributed by atoms with Gasteiger partial charge in [-0.25, -0.2) is 0 Å². The molecule has 9 heteroatoms. The van der Waals surface area contributed by atoms with Gasteiger partial charge in [-0.15, -0.1) is 0 Å². The quantitative estimate of drug-likeness (QED) is 0.600. The number of rotatable bonds is 9. The molecule has 0 spiro atoms. The summed E-state index contributed by atoms with van der Waals surface area (Å²) in [4.78, 5) is 42.8. The van der Waals surface area contributed by atoms with E-state index >= 15 is 0 Å². The Hall–Kier alpha value is -3.59. The molecule has 34 heavy (non-hydrogen) atoms. The van der Waals surface area contributed by atoms with E-state index in [2.05, 4.69) is 5.32 Å². The van der Waals surface area contributed by atoms with Crippen LogP contribution in [0.5, 0.6) is 11.5 Å². The molecular formula is C25H32N4O5. The van der Waals surface area contributed by atoms with E-state index in [4.69, 9.17) is 9.47 Å². The van der Waals surface area contributed by atoms with Crippen LogP contribution >= 0.6 is 0 Å². The van der Waals surface area contributed by atoms with E-state index in [9.17, 15) is 14.4 Å². The summed E-state index contributed by atoms with van der Waals surface area (Å²) < 4.78 is 10.4. The van der Waals surface area contributed by atoms with E-state index in [1.165, 1.54) is 4.90 Å². The molecule has 0 radical (unpaired) electrons. The zero-order chi connectivity index (χ0) is 24.5. The Morgan fingerprint density at radius 2 is 1.59 bits per heavy atom. The third kappa shape index (κ3) is 7.21. The van der Waals surface area contributed by atoms with Gasteiger partial charge in [0.1, 0.15) is 11.5 Å². The van der Waals surface area contributed by atoms with Crippen LogP contribution in [0.4, 0.5) is 5.69 Å². The van der Waals surface area contributed by atoms with Gasteiger partial charge in [-0.3, -0.25) is 19.3 Å². The standard InChI is InChI=1S/C25H32N4O5/c1-27(17-23(30)26-20-7-5-9-22(16-20)34-3)25(32)18-28-10-12-29(13-11-28)24(31)15-19-6-4-8-21(14-19)33-2/h4-9,14,16H,10-13,15,17-18H2,1-3H3,(H,26,30). The molecule has 0 aliphatic carbocycles. The Balaban J connectivity index is 1.40. The zero-order valence-electron chi connectivity index (χ0n) is 20.0. The smallest absolute Gasteiger partial charge is 0.243 e. The van der Waals surface area contributed by atoms with Crippen molar-refractivity contribution in [1.82, 2.24) is 14.7 Å². The summed E-state index contributed by atoms with van der Waals surface area (Å²) >= 11 is 0. The van der Waals surface area contributed by atoms with Crippen LogP contribution in [-0.4, -0.2) is 93.0 Å². The van der Waals surface area contributed by atoms with Crippen molar-refractivity contribution in [3.05, 3.63) is 54.1 Å². The number of ether oxygens (including phenoxy) is 2. The molecule has 1 aliphatic heterocycles. The van der Waals surface area contributed by atoms with E-state index in [-0.39, 0.29) is 30.8 Å². The number of hydrogen-bond acceptors (Lipinski definition) is 6. The highest BCUT2D eigenvalue weighted by Gasteiger charge is 2.24. The average molecular weight is 469 g/mol. The highest BCUT2D eigenvalue weighted by molar-refractivity contribution is 5.94. The number of amides is 3. The molecule has 1 aliphatic rings. The number of piperazine rings is 1. The number of anilines is 1. The zero-order valence-corrected chi connectivity index (χ0v) is 20.0. The fourth-order valence-corrected chi connectivity index (χ4v) is 3.74. The monoisotopic (exact) mass is 468 g/mol. The first-order valence-electron chi connectivity index (χ1n) is 11.2. The molecule has 9 nitrogen and oxygen atoms in total. The summed E-state index contributed by atoms with van der Waals surface area (Å²) in [5, 5.41) is 2.77. The van der Waals surface area contributed by atoms with Crippen molar-refractivity contribution in [1.29, 1.82) is 0 Å². The second-order valence-electron chi connectivity index (χ2n) is 8.22. The number of methoxy groups -OCH3 is 2. The van der Waals surface area contributed by atoms with Gasteiger partial charge in [-0.05, 0) is 29.8 Å². The van der Waals surface area contributed by atoms with Crippen molar-refractivity contribution in [2.75, 3.05) is 65.9 Å². The van der Waals surface area contributed by atoms with Crippen LogP contribution in [-0.2, 0) is 20.8 Å². The normalized spacial score (nSPS) is 13.8. The SMILES string of the molecule is COc1cccc(CC(=O)N2CCN(CC(=O)N(C)CC(=O)Nc3cccc(OC)c3)CC2)c1. The van der Waals surface area contributed by atoms with Crippen molar-refractivity contribution in [2.24, 2.45) is 0 Å². The first-order chi connectivity index (χ1) is 16.4. The Morgan fingerprint density at radius 1 is 0.941 bits per heavy atom. The molecule has 0 unspecified atom stereocenters. The summed E-state index contributed by atoms with van der Waals surface area (Å²) in [6.07, 6.45) is 0.321. The Morgan fingerprint density at radius 3 is 2.26 bits per heavy atom. The van der Waals surface area contributed by atoms with Crippen LogP contribution in [0, 0.1) is 0 Å². The molecule has 0 bridgehead atoms. The highest BCUT2D eigenvalue weighted by Crippen LogP contribution is 2.17. The molecule has 182 valence electrons. The van der Waals surface area contributed by atoms with Gasteiger partial charge in [-0.1, -0.05) is 18.2 Å². The number of nitrogens with one attached hydrogen (secondary N) is 1. The van der Waals surface area contributed by atoms with Crippen LogP contribution in [0.2, 0.25) is 0 Å². The molecule has 2 aromatic rings. The molecule has 3 rings (SSSR count). The van der Waals surface area contributed by atoms with Gasteiger partial charge in [0, 0.05) is 45.0 Å². The van der Waals surface area contributed by atoms with Crippen molar-refractivity contribution in [2.45, 2.75) is 6.42 Å². The molecule has 3 amide bonds. The second-order valence-corrected chi connectivity index (χ2v) is 8.22. The number of carbonyl (C=O) groups excluding carboxylic acids is 3. The maximum absolute atomic E-state index is 12.7. The molecular weight excluding hydrogens is 436 g/mol. The number of likely N-dealkylation sites (N-methyl/N-ethyl adjacent to an activating group) is 1. The largest absolute Gasteiger partial charge is 0.497 e. The lowest BCUT2D eigenvalue weighted by molar-refractivity contribution is -0.136. The summed E-state index contributed by atoms with van der Waals surface area (Å²) in [5.74, 6) is 1.01. The van der Waals surface area contributed by atoms with Crippen molar-refractivity contribution >= 4 is 23.4 Å². The van der Waals surface area contributed by atoms with Gasteiger partial charge in [0.25, 0.3) is 0 Å². The van der Waals surface area contributed by atoms with Crippen molar-refractivity contribution in [3.63, 3.8) is 0 Å². The van der Waals surface area contributed by atoms with Gasteiger partial charge < -0.3 is 24.6 Å². The molecule has 0 saturated carbocycles. The topological polar surface area (TPSA) is 91.4 Å². The minimum atomic E-state index is -0.280. The van der Waals surface area contributed by atoms with Crippen LogP contribution in [0.3, 0.4) is 0 Å². The first kappa shape index (κ1) is 25.0. The van der Waals surface area contributed by atoms with Crippen LogP contribution < -0.4 is 14.8 Å². The van der Waals surface area contributed by atoms with Crippen molar-refractivity contribution < 1.29 is 23.9 Å². The summed E-state index contributed by atoms with van der Waals surface area (Å²) in [7, 11) is 4.77. The first-order valence-corrected chi connectivity index (χ1v) is 11.2. The van der Waals surface area contributed by atoms with Crippen LogP contribution in [0.1, 0.15) is 5.56 Å². The van der Waals surface area contributed by atoms with E-state index in [0.717, 1.165) is 11.3 Å². The molecule has 1 fully saturated rings. The summed E-state index contributed by atoms with van der Waals surface area (Å²) in [6, 6.07) is 14.6. The number of carbonyl (C=O) groups is 3. The van der Waals surface area contributed by atoms with Crippen LogP contribution in [0.25, 0.3) is 0 Å². The second kappa shape index (κ2) is 12.0. The molecule has 2 aromatic carbocycles. The molecule has 1 heterocycles. The van der Waals surface area contributed by atoms with Gasteiger partial charge in [0.05, 0.1) is 33.7 Å². The Bertz CT molecular complexity index is 1000. The predicted octanol–water partition coefficient (Wildman–Crippen LogP) is 1.49. The van der Waals surface area contributed by atoms with E-state index in [0.29, 0.717) is 44.0 Å². The molecule has 1 N–H and O–H groups in total. The number of nitrogens with zero attached hydrogens (tertiary/aromatic N) is 3. The maximum Gasteiger partial charge on any atom is 0.243 e. The van der Waals surface area contributed by atoms with Gasteiger partial charge in [-0.2, -0.15) is 0 Å². The summed E-state index contributed by atoms with van der Waals surface area (Å²) in [5.41, 5.74) is 1.52. The van der Waals surface area contributed by atoms with Gasteiger partial charge in [0.15, 0.2) is 0 Å². The maximum atomic E-state index is 12.7. The molecule has 0 atom stereocenters. The number of benzene rings is 2. The lowest BCUT2D eigenvalue weighted by Gasteiger charge is -2.35. The Labute approximate surface area is 200 Å². The molecule has 0 aromatic heterocycles. The number of hydrogen-bond donors (Lipinski definition) is 1. The lowest BCUT2D eigenvalue weighted by atomic mass is 10.1. The minimum absolute atomic E-state index is 0.0466. The third-order valence-electron chi connectivity index (χ3n) is 5.73. The third-order valence-corrected chi connectivity index (χ3v) is 5.73. The van der Waals surface area contributed by atoms with E-state index in [1.54, 1.807) is 45.5 Å². The Kier molecular flexibility index (Phi) is 8.86. The molecule has 1 saturated heterocycles. The van der Waals surface area contributed by atoms with Gasteiger partial charge >= 0.3 is 0 Å². The average Bonchev–Trinajstić information content (AvgIpc) is 2.84. The van der Waals surface area contributed by atoms with E-state index in [1.807, 2.05) is 34.1 Å². The lowest BCUT2D eigenvalue weighted by Crippen LogP contribution is -2.52. The van der Waals surface area contributed by atoms with Crippen molar-refractivity contribution in [3.8, 4) is 11.5 Å². The van der Waals surface area contributed by atoms with Crippen LogP contribution in [0.15, 0.2) is 48.5 Å². The predicted molar refractivity (Wildman–Crippen MR) is 129 cm³/mol. The van der Waals surface area contributed by atoms with E-state index < -0.39 is 0 Å².